The summed E-state index contributed by atoms with van der Waals surface area (Å²) < 4.78 is 13.8. The van der Waals surface area contributed by atoms with Crippen LogP contribution in [0, 0.1) is 15.9 Å². The largest absolute Gasteiger partial charge is 0.507 e. The standard InChI is InChI=1S/C17H10FN3O4S2/c18-13-4-2-1-3-10(13)9-19-20-16(23)15(27-17(20)26)8-11-7-12(21(24)25)5-6-14(11)22/h1-9,22H/b15-8+,19-9+. The van der Waals surface area contributed by atoms with Crippen LogP contribution < -0.4 is 0 Å². The number of thiocarbonyl (C=S) groups is 1. The van der Waals surface area contributed by atoms with Crippen molar-refractivity contribution in [2.75, 3.05) is 0 Å². The molecule has 1 heterocycles. The number of nitro groups is 1. The minimum atomic E-state index is -0.610. The molecule has 1 aliphatic heterocycles. The molecule has 0 saturated carbocycles. The molecule has 27 heavy (non-hydrogen) atoms. The first-order chi connectivity index (χ1) is 12.9. The van der Waals surface area contributed by atoms with E-state index in [0.29, 0.717) is 0 Å². The van der Waals surface area contributed by atoms with Gasteiger partial charge in [0.05, 0.1) is 16.0 Å². The Morgan fingerprint density at radius 1 is 1.26 bits per heavy atom. The number of amides is 1. The molecular weight excluding hydrogens is 393 g/mol. The fourth-order valence-electron chi connectivity index (χ4n) is 2.17. The second kappa shape index (κ2) is 7.64. The van der Waals surface area contributed by atoms with E-state index in [2.05, 4.69) is 5.10 Å². The van der Waals surface area contributed by atoms with Crippen LogP contribution in [0.2, 0.25) is 0 Å². The SMILES string of the molecule is O=C1/C(=C\c2cc([N+](=O)[O-])ccc2O)SC(=S)N1/N=C/c1ccccc1F. The number of hydrazone groups is 1. The molecule has 10 heteroatoms. The number of rotatable bonds is 4. The van der Waals surface area contributed by atoms with Crippen molar-refractivity contribution >= 4 is 52.2 Å². The zero-order chi connectivity index (χ0) is 19.6. The number of carbonyl (C=O) groups is 1. The summed E-state index contributed by atoms with van der Waals surface area (Å²) in [6.45, 7) is 0. The van der Waals surface area contributed by atoms with Crippen molar-refractivity contribution in [2.45, 2.75) is 0 Å². The number of hydrogen-bond acceptors (Lipinski definition) is 7. The zero-order valence-corrected chi connectivity index (χ0v) is 15.0. The summed E-state index contributed by atoms with van der Waals surface area (Å²) in [7, 11) is 0. The van der Waals surface area contributed by atoms with Crippen molar-refractivity contribution in [1.29, 1.82) is 0 Å². The van der Waals surface area contributed by atoms with Gasteiger partial charge in [-0.2, -0.15) is 10.1 Å². The van der Waals surface area contributed by atoms with Gasteiger partial charge in [-0.25, -0.2) is 4.39 Å². The van der Waals surface area contributed by atoms with Crippen LogP contribution in [0.4, 0.5) is 10.1 Å². The molecule has 136 valence electrons. The highest BCUT2D eigenvalue weighted by Crippen LogP contribution is 2.35. The summed E-state index contributed by atoms with van der Waals surface area (Å²) in [6, 6.07) is 9.37. The van der Waals surface area contributed by atoms with Gasteiger partial charge >= 0.3 is 0 Å². The number of phenols is 1. The minimum Gasteiger partial charge on any atom is -0.507 e. The summed E-state index contributed by atoms with van der Waals surface area (Å²) in [4.78, 5) is 22.9. The predicted octanol–water partition coefficient (Wildman–Crippen LogP) is 3.67. The summed E-state index contributed by atoms with van der Waals surface area (Å²) in [5.41, 5.74) is 0.0572. The Bertz CT molecular complexity index is 1020. The minimum absolute atomic E-state index is 0.0998. The van der Waals surface area contributed by atoms with Crippen LogP contribution in [0.25, 0.3) is 6.08 Å². The molecule has 0 aliphatic carbocycles. The van der Waals surface area contributed by atoms with Crippen molar-refractivity contribution < 1.29 is 19.2 Å². The lowest BCUT2D eigenvalue weighted by molar-refractivity contribution is -0.384. The van der Waals surface area contributed by atoms with Gasteiger partial charge in [-0.3, -0.25) is 14.9 Å². The number of non-ortho nitro benzene ring substituents is 1. The van der Waals surface area contributed by atoms with Crippen LogP contribution in [0.1, 0.15) is 11.1 Å². The maximum absolute atomic E-state index is 13.6. The quantitative estimate of drug-likeness (QED) is 0.275. The summed E-state index contributed by atoms with van der Waals surface area (Å²) in [6.07, 6.45) is 2.47. The topological polar surface area (TPSA) is 96.0 Å². The Balaban J connectivity index is 1.88. The average Bonchev–Trinajstić information content (AvgIpc) is 2.89. The van der Waals surface area contributed by atoms with Crippen LogP contribution in [0.3, 0.4) is 0 Å². The lowest BCUT2D eigenvalue weighted by Gasteiger charge is -2.06. The smallest absolute Gasteiger partial charge is 0.286 e. The van der Waals surface area contributed by atoms with Gasteiger partial charge in [0, 0.05) is 23.3 Å². The van der Waals surface area contributed by atoms with Gasteiger partial charge in [0.2, 0.25) is 0 Å². The van der Waals surface area contributed by atoms with Crippen molar-refractivity contribution in [3.63, 3.8) is 0 Å². The average molecular weight is 403 g/mol. The molecule has 2 aromatic rings. The maximum atomic E-state index is 13.6. The number of benzene rings is 2. The fraction of sp³-hybridized carbons (Fsp3) is 0. The molecule has 7 nitrogen and oxygen atoms in total. The van der Waals surface area contributed by atoms with E-state index >= 15 is 0 Å². The Morgan fingerprint density at radius 2 is 2.00 bits per heavy atom. The molecule has 3 rings (SSSR count). The fourth-order valence-corrected chi connectivity index (χ4v) is 3.33. The number of phenolic OH excluding ortho intramolecular Hbond substituents is 1. The van der Waals surface area contributed by atoms with E-state index < -0.39 is 16.6 Å². The van der Waals surface area contributed by atoms with Gasteiger partial charge in [0.1, 0.15) is 11.6 Å². The van der Waals surface area contributed by atoms with E-state index in [-0.39, 0.29) is 31.8 Å². The van der Waals surface area contributed by atoms with Gasteiger partial charge in [-0.15, -0.1) is 0 Å². The van der Waals surface area contributed by atoms with Gasteiger partial charge < -0.3 is 5.11 Å². The Labute approximate surface area is 161 Å². The van der Waals surface area contributed by atoms with E-state index in [0.717, 1.165) is 28.9 Å². The van der Waals surface area contributed by atoms with E-state index in [1.807, 2.05) is 0 Å². The zero-order valence-electron chi connectivity index (χ0n) is 13.4. The van der Waals surface area contributed by atoms with Gasteiger partial charge in [-0.05, 0) is 30.4 Å². The molecule has 0 spiro atoms. The first kappa shape index (κ1) is 18.7. The van der Waals surface area contributed by atoms with E-state index in [1.165, 1.54) is 36.6 Å². The van der Waals surface area contributed by atoms with Crippen molar-refractivity contribution in [3.8, 4) is 5.75 Å². The first-order valence-electron chi connectivity index (χ1n) is 7.40. The number of nitro benzene ring substituents is 1. The molecule has 0 radical (unpaired) electrons. The van der Waals surface area contributed by atoms with E-state index in [1.54, 1.807) is 6.07 Å². The van der Waals surface area contributed by atoms with Crippen LogP contribution >= 0.6 is 24.0 Å². The molecule has 0 unspecified atom stereocenters. The second-order valence-corrected chi connectivity index (χ2v) is 6.94. The monoisotopic (exact) mass is 403 g/mol. The number of halogens is 1. The number of thioether (sulfide) groups is 1. The molecule has 1 fully saturated rings. The molecular formula is C17H10FN3O4S2. The lowest BCUT2D eigenvalue weighted by Crippen LogP contribution is -2.22. The summed E-state index contributed by atoms with van der Waals surface area (Å²) in [5.74, 6) is -1.30. The second-order valence-electron chi connectivity index (χ2n) is 5.26. The molecule has 2 aromatic carbocycles. The van der Waals surface area contributed by atoms with Crippen molar-refractivity contribution in [2.24, 2.45) is 5.10 Å². The highest BCUT2D eigenvalue weighted by molar-refractivity contribution is 8.26. The number of aromatic hydroxyl groups is 1. The molecule has 0 atom stereocenters. The number of nitrogens with zero attached hydrogens (tertiary/aromatic N) is 3. The molecule has 1 saturated heterocycles. The third-order valence-electron chi connectivity index (χ3n) is 3.50. The van der Waals surface area contributed by atoms with Gasteiger partial charge in [0.15, 0.2) is 4.32 Å². The third kappa shape index (κ3) is 4.01. The molecule has 1 aliphatic rings. The highest BCUT2D eigenvalue weighted by atomic mass is 32.2. The maximum Gasteiger partial charge on any atom is 0.286 e. The van der Waals surface area contributed by atoms with Crippen molar-refractivity contribution in [3.05, 3.63) is 74.4 Å². The Morgan fingerprint density at radius 3 is 2.70 bits per heavy atom. The highest BCUT2D eigenvalue weighted by Gasteiger charge is 2.32. The van der Waals surface area contributed by atoms with Gasteiger partial charge in [0.25, 0.3) is 11.6 Å². The van der Waals surface area contributed by atoms with Crippen LogP contribution in [0.15, 0.2) is 52.5 Å². The normalized spacial score (nSPS) is 15.9. The van der Waals surface area contributed by atoms with Crippen LogP contribution in [0.5, 0.6) is 5.75 Å². The van der Waals surface area contributed by atoms with Gasteiger partial charge in [-0.1, -0.05) is 30.0 Å². The van der Waals surface area contributed by atoms with Crippen LogP contribution in [-0.2, 0) is 4.79 Å². The Hall–Kier alpha value is -3.11. The summed E-state index contributed by atoms with van der Waals surface area (Å²) in [5, 5.41) is 25.6. The lowest BCUT2D eigenvalue weighted by atomic mass is 10.1. The van der Waals surface area contributed by atoms with E-state index in [4.69, 9.17) is 12.2 Å². The molecule has 0 aromatic heterocycles. The molecule has 1 amide bonds. The predicted molar refractivity (Wildman–Crippen MR) is 104 cm³/mol. The van der Waals surface area contributed by atoms with Crippen molar-refractivity contribution in [1.82, 2.24) is 5.01 Å². The Kier molecular flexibility index (Phi) is 5.28. The molecule has 0 bridgehead atoms. The van der Waals surface area contributed by atoms with Crippen LogP contribution in [-0.4, -0.2) is 31.5 Å². The number of carbonyl (C=O) groups excluding carboxylic acids is 1. The first-order valence-corrected chi connectivity index (χ1v) is 8.63. The van der Waals surface area contributed by atoms with E-state index in [9.17, 15) is 24.4 Å². The summed E-state index contributed by atoms with van der Waals surface area (Å²) >= 11 is 6.03. The molecule has 1 N–H and O–H groups in total. The number of hydrogen-bond donors (Lipinski definition) is 1. The third-order valence-corrected chi connectivity index (χ3v) is 4.78.